The van der Waals surface area contributed by atoms with Gasteiger partial charge in [-0.1, -0.05) is 58.7 Å². The minimum atomic E-state index is -4.57. The highest BCUT2D eigenvalue weighted by Crippen LogP contribution is 2.30. The molecule has 0 unspecified atom stereocenters. The van der Waals surface area contributed by atoms with E-state index >= 15 is 0 Å². The van der Waals surface area contributed by atoms with Crippen LogP contribution in [0.2, 0.25) is 10.0 Å². The molecule has 0 N–H and O–H groups in total. The molecular formula is C20H16Cl2F3N3O2. The maximum Gasteiger partial charge on any atom is 0.435 e. The predicted octanol–water partition coefficient (Wildman–Crippen LogP) is 5.75. The molecule has 0 radical (unpaired) electrons. The van der Waals surface area contributed by atoms with E-state index in [2.05, 4.69) is 10.3 Å². The smallest absolute Gasteiger partial charge is 0.435 e. The summed E-state index contributed by atoms with van der Waals surface area (Å²) in [6, 6.07) is 14.9. The van der Waals surface area contributed by atoms with E-state index in [1.807, 2.05) is 30.3 Å². The van der Waals surface area contributed by atoms with Gasteiger partial charge < -0.3 is 9.57 Å². The summed E-state index contributed by atoms with van der Waals surface area (Å²) in [5.41, 5.74) is 0.600. The summed E-state index contributed by atoms with van der Waals surface area (Å²) in [6.07, 6.45) is -4.57. The molecule has 1 heterocycles. The quantitative estimate of drug-likeness (QED) is 0.335. The van der Waals surface area contributed by atoms with Gasteiger partial charge in [0.2, 0.25) is 5.88 Å². The van der Waals surface area contributed by atoms with Gasteiger partial charge in [0, 0.05) is 23.7 Å². The molecule has 0 saturated carbocycles. The van der Waals surface area contributed by atoms with Crippen molar-refractivity contribution in [3.8, 4) is 5.88 Å². The molecule has 10 heteroatoms. The maximum absolute atomic E-state index is 12.9. The van der Waals surface area contributed by atoms with Gasteiger partial charge in [0.1, 0.15) is 18.9 Å². The molecule has 158 valence electrons. The highest BCUT2D eigenvalue weighted by atomic mass is 35.5. The van der Waals surface area contributed by atoms with E-state index in [0.717, 1.165) is 16.3 Å². The third-order valence-electron chi connectivity index (χ3n) is 3.97. The number of aryl methyl sites for hydroxylation is 1. The van der Waals surface area contributed by atoms with Crippen molar-refractivity contribution in [1.82, 2.24) is 9.78 Å². The van der Waals surface area contributed by atoms with E-state index in [9.17, 15) is 13.2 Å². The number of oxime groups is 1. The van der Waals surface area contributed by atoms with Gasteiger partial charge in [-0.25, -0.2) is 4.68 Å². The van der Waals surface area contributed by atoms with Crippen molar-refractivity contribution in [2.75, 3.05) is 6.61 Å². The molecular weight excluding hydrogens is 442 g/mol. The van der Waals surface area contributed by atoms with Gasteiger partial charge >= 0.3 is 6.18 Å². The lowest BCUT2D eigenvalue weighted by atomic mass is 10.1. The Kier molecular flexibility index (Phi) is 6.89. The molecule has 3 rings (SSSR count). The molecule has 0 fully saturated rings. The maximum atomic E-state index is 12.9. The molecule has 30 heavy (non-hydrogen) atoms. The second-order valence-electron chi connectivity index (χ2n) is 6.20. The lowest BCUT2D eigenvalue weighted by Crippen LogP contribution is -2.15. The van der Waals surface area contributed by atoms with E-state index in [1.165, 1.54) is 13.1 Å². The van der Waals surface area contributed by atoms with E-state index < -0.39 is 11.9 Å². The first-order valence-electron chi connectivity index (χ1n) is 8.66. The van der Waals surface area contributed by atoms with Gasteiger partial charge in [-0.2, -0.15) is 18.3 Å². The SMILES string of the molecule is Cn1nc(C(F)(F)F)cc1OC/C(=N\OCc1ccccc1)c1ccc(Cl)cc1Cl. The van der Waals surface area contributed by atoms with Crippen LogP contribution in [0.5, 0.6) is 5.88 Å². The van der Waals surface area contributed by atoms with Gasteiger partial charge in [-0.15, -0.1) is 0 Å². The number of hydrogen-bond donors (Lipinski definition) is 0. The van der Waals surface area contributed by atoms with Crippen molar-refractivity contribution in [3.63, 3.8) is 0 Å². The Morgan fingerprint density at radius 2 is 1.83 bits per heavy atom. The minimum Gasteiger partial charge on any atom is -0.471 e. The zero-order valence-electron chi connectivity index (χ0n) is 15.7. The van der Waals surface area contributed by atoms with Crippen LogP contribution in [0.4, 0.5) is 13.2 Å². The van der Waals surface area contributed by atoms with Gasteiger partial charge in [0.15, 0.2) is 5.69 Å². The largest absolute Gasteiger partial charge is 0.471 e. The molecule has 0 bridgehead atoms. The Labute approximate surface area is 180 Å². The van der Waals surface area contributed by atoms with E-state index in [-0.39, 0.29) is 24.8 Å². The van der Waals surface area contributed by atoms with Crippen LogP contribution in [-0.2, 0) is 24.7 Å². The predicted molar refractivity (Wildman–Crippen MR) is 108 cm³/mol. The Hall–Kier alpha value is -2.71. The van der Waals surface area contributed by atoms with Crippen LogP contribution >= 0.6 is 23.2 Å². The van der Waals surface area contributed by atoms with Crippen LogP contribution in [0, 0.1) is 0 Å². The van der Waals surface area contributed by atoms with Gasteiger partial charge in [0.05, 0.1) is 5.02 Å². The fourth-order valence-corrected chi connectivity index (χ4v) is 3.02. The molecule has 5 nitrogen and oxygen atoms in total. The van der Waals surface area contributed by atoms with E-state index in [0.29, 0.717) is 15.6 Å². The molecule has 0 atom stereocenters. The summed E-state index contributed by atoms with van der Waals surface area (Å²) < 4.78 is 45.1. The van der Waals surface area contributed by atoms with Gasteiger partial charge in [-0.3, -0.25) is 0 Å². The number of halogens is 5. The van der Waals surface area contributed by atoms with Crippen molar-refractivity contribution in [3.05, 3.63) is 81.5 Å². The van der Waals surface area contributed by atoms with Crippen LogP contribution < -0.4 is 4.74 Å². The second-order valence-corrected chi connectivity index (χ2v) is 7.04. The Bertz CT molecular complexity index is 1040. The average molecular weight is 458 g/mol. The lowest BCUT2D eigenvalue weighted by Gasteiger charge is -2.11. The molecule has 0 aliphatic rings. The van der Waals surface area contributed by atoms with Crippen LogP contribution in [0.25, 0.3) is 0 Å². The summed E-state index contributed by atoms with van der Waals surface area (Å²) in [6.45, 7) is -0.00749. The summed E-state index contributed by atoms with van der Waals surface area (Å²) in [7, 11) is 1.35. The molecule has 0 spiro atoms. The normalized spacial score (nSPS) is 12.1. The van der Waals surface area contributed by atoms with Gasteiger partial charge in [0.25, 0.3) is 0 Å². The van der Waals surface area contributed by atoms with E-state index in [1.54, 1.807) is 12.1 Å². The first-order chi connectivity index (χ1) is 14.2. The van der Waals surface area contributed by atoms with Gasteiger partial charge in [-0.05, 0) is 23.8 Å². The second kappa shape index (κ2) is 9.40. The molecule has 0 aliphatic carbocycles. The third-order valence-corrected chi connectivity index (χ3v) is 4.52. The first kappa shape index (κ1) is 22.0. The summed E-state index contributed by atoms with van der Waals surface area (Å²) >= 11 is 12.2. The number of hydrogen-bond acceptors (Lipinski definition) is 4. The first-order valence-corrected chi connectivity index (χ1v) is 9.42. The van der Waals surface area contributed by atoms with Crippen LogP contribution in [0.1, 0.15) is 16.8 Å². The van der Waals surface area contributed by atoms with Crippen molar-refractivity contribution in [2.24, 2.45) is 12.2 Å². The zero-order chi connectivity index (χ0) is 21.7. The molecule has 1 aromatic heterocycles. The monoisotopic (exact) mass is 457 g/mol. The molecule has 0 amide bonds. The average Bonchev–Trinajstić information content (AvgIpc) is 3.07. The fraction of sp³-hybridized carbons (Fsp3) is 0.200. The van der Waals surface area contributed by atoms with Crippen LogP contribution in [0.15, 0.2) is 59.8 Å². The standard InChI is InChI=1S/C20H16Cl2F3N3O2/c1-28-19(10-18(26-28)20(23,24)25)29-12-17(15-8-7-14(21)9-16(15)22)27-30-11-13-5-3-2-4-6-13/h2-10H,11-12H2,1H3/b27-17+. The number of rotatable bonds is 7. The zero-order valence-corrected chi connectivity index (χ0v) is 17.2. The molecule has 2 aromatic carbocycles. The molecule has 0 saturated heterocycles. The summed E-state index contributed by atoms with van der Waals surface area (Å²) in [4.78, 5) is 5.41. The number of benzene rings is 2. The van der Waals surface area contributed by atoms with Crippen molar-refractivity contribution >= 4 is 28.9 Å². The van der Waals surface area contributed by atoms with Crippen molar-refractivity contribution in [1.29, 1.82) is 0 Å². The Morgan fingerprint density at radius 1 is 1.10 bits per heavy atom. The summed E-state index contributed by atoms with van der Waals surface area (Å²) in [5, 5.41) is 8.23. The summed E-state index contributed by atoms with van der Waals surface area (Å²) in [5.74, 6) is -0.0804. The van der Waals surface area contributed by atoms with E-state index in [4.69, 9.17) is 32.8 Å². The van der Waals surface area contributed by atoms with Crippen molar-refractivity contribution in [2.45, 2.75) is 12.8 Å². The molecule has 0 aliphatic heterocycles. The number of alkyl halides is 3. The Morgan fingerprint density at radius 3 is 2.47 bits per heavy atom. The number of nitrogens with zero attached hydrogens (tertiary/aromatic N) is 3. The number of ether oxygens (including phenoxy) is 1. The van der Waals surface area contributed by atoms with Crippen molar-refractivity contribution < 1.29 is 22.7 Å². The molecule has 3 aromatic rings. The minimum absolute atomic E-state index is 0.0804. The third kappa shape index (κ3) is 5.67. The highest BCUT2D eigenvalue weighted by Gasteiger charge is 2.35. The van der Waals surface area contributed by atoms with Crippen LogP contribution in [-0.4, -0.2) is 22.1 Å². The Balaban J connectivity index is 1.80. The fourth-order valence-electron chi connectivity index (χ4n) is 2.50. The topological polar surface area (TPSA) is 48.6 Å². The highest BCUT2D eigenvalue weighted by molar-refractivity contribution is 6.37. The number of aromatic nitrogens is 2. The lowest BCUT2D eigenvalue weighted by molar-refractivity contribution is -0.141. The van der Waals surface area contributed by atoms with Crippen LogP contribution in [0.3, 0.4) is 0 Å².